The van der Waals surface area contributed by atoms with Gasteiger partial charge in [-0.3, -0.25) is 4.79 Å². The average molecular weight is 314 g/mol. The lowest BCUT2D eigenvalue weighted by Crippen LogP contribution is -2.22. The molecule has 0 aliphatic rings. The number of carbonyl (C=O) groups excluding carboxylic acids is 1. The Morgan fingerprint density at radius 1 is 1.27 bits per heavy atom. The summed E-state index contributed by atoms with van der Waals surface area (Å²) in [5, 5.41) is 11.2. The Bertz CT molecular complexity index is 649. The molecule has 0 bridgehead atoms. The van der Waals surface area contributed by atoms with Crippen LogP contribution in [0, 0.1) is 22.6 Å². The number of halogens is 4. The maximum atomic E-state index is 13.5. The molecule has 0 saturated carbocycles. The number of hydrogen-bond acceptors (Lipinski definition) is 3. The molecule has 0 aliphatic carbocycles. The Labute approximate surface area is 125 Å². The van der Waals surface area contributed by atoms with Crippen LogP contribution in [-0.4, -0.2) is 5.78 Å². The average Bonchev–Trinajstić information content (AvgIpc) is 2.38. The lowest BCUT2D eigenvalue weighted by Gasteiger charge is -2.15. The molecule has 1 N–H and O–H groups in total. The van der Waals surface area contributed by atoms with Gasteiger partial charge in [0.15, 0.2) is 5.78 Å². The third-order valence-electron chi connectivity index (χ3n) is 2.71. The second-order valence-corrected chi connectivity index (χ2v) is 5.59. The van der Waals surface area contributed by atoms with Crippen molar-refractivity contribution in [2.45, 2.75) is 26.9 Å². The summed E-state index contributed by atoms with van der Waals surface area (Å²) < 4.78 is 51.3. The summed E-state index contributed by atoms with van der Waals surface area (Å²) in [5.74, 6) is -1.43. The summed E-state index contributed by atoms with van der Waals surface area (Å²) in [7, 11) is 0. The predicted octanol–water partition coefficient (Wildman–Crippen LogP) is 4.28. The van der Waals surface area contributed by atoms with Crippen LogP contribution in [-0.2, 0) is 11.0 Å². The summed E-state index contributed by atoms with van der Waals surface area (Å²) in [4.78, 5) is 11.9. The van der Waals surface area contributed by atoms with Gasteiger partial charge in [-0.15, -0.1) is 0 Å². The number of carbonyl (C=O) groups is 1. The fraction of sp³-hybridized carbons (Fsp3) is 0.333. The molecule has 0 atom stereocenters. The van der Waals surface area contributed by atoms with Crippen molar-refractivity contribution in [2.75, 3.05) is 5.32 Å². The molecule has 0 aliphatic heterocycles. The van der Waals surface area contributed by atoms with Crippen LogP contribution in [0.4, 0.5) is 23.2 Å². The third-order valence-corrected chi connectivity index (χ3v) is 2.71. The number of Topliss-reactive ketones (excluding diaryl/α,β-unsaturated/α-hetero) is 1. The minimum atomic E-state index is -4.62. The zero-order valence-electron chi connectivity index (χ0n) is 12.2. The minimum absolute atomic E-state index is 0.302. The maximum absolute atomic E-state index is 13.5. The Morgan fingerprint density at radius 2 is 1.86 bits per heavy atom. The molecule has 0 radical (unpaired) electrons. The first-order chi connectivity index (χ1) is 9.96. The van der Waals surface area contributed by atoms with Gasteiger partial charge in [0.25, 0.3) is 0 Å². The monoisotopic (exact) mass is 314 g/mol. The molecule has 1 aromatic carbocycles. The molecule has 3 nitrogen and oxygen atoms in total. The number of nitrogens with zero attached hydrogens (tertiary/aromatic N) is 1. The van der Waals surface area contributed by atoms with Crippen LogP contribution in [0.2, 0.25) is 0 Å². The van der Waals surface area contributed by atoms with Crippen LogP contribution >= 0.6 is 0 Å². The topological polar surface area (TPSA) is 52.9 Å². The van der Waals surface area contributed by atoms with Crippen LogP contribution in [0.25, 0.3) is 0 Å². The van der Waals surface area contributed by atoms with Gasteiger partial charge in [0.1, 0.15) is 17.5 Å². The summed E-state index contributed by atoms with van der Waals surface area (Å²) in [6.45, 7) is 4.77. The minimum Gasteiger partial charge on any atom is -0.358 e. The summed E-state index contributed by atoms with van der Waals surface area (Å²) in [6.07, 6.45) is -3.71. The number of nitriles is 1. The molecular weight excluding hydrogens is 300 g/mol. The number of ketones is 1. The van der Waals surface area contributed by atoms with Crippen LogP contribution in [0.1, 0.15) is 26.3 Å². The number of rotatable bonds is 3. The summed E-state index contributed by atoms with van der Waals surface area (Å²) >= 11 is 0. The van der Waals surface area contributed by atoms with Crippen molar-refractivity contribution < 1.29 is 22.4 Å². The van der Waals surface area contributed by atoms with Crippen molar-refractivity contribution >= 4 is 11.5 Å². The SMILES string of the molecule is CC(C)(C)C(=O)C(C#N)=CNc1cc(C(F)(F)F)ccc1F. The van der Waals surface area contributed by atoms with Gasteiger partial charge < -0.3 is 5.32 Å². The predicted molar refractivity (Wildman–Crippen MR) is 73.2 cm³/mol. The third kappa shape index (κ3) is 4.32. The lowest BCUT2D eigenvalue weighted by molar-refractivity contribution is -0.137. The van der Waals surface area contributed by atoms with Gasteiger partial charge in [0.2, 0.25) is 0 Å². The normalized spacial score (nSPS) is 12.7. The van der Waals surface area contributed by atoms with Gasteiger partial charge in [-0.2, -0.15) is 18.4 Å². The molecule has 1 aromatic rings. The van der Waals surface area contributed by atoms with E-state index in [1.54, 1.807) is 26.8 Å². The maximum Gasteiger partial charge on any atom is 0.416 e. The number of hydrogen-bond donors (Lipinski definition) is 1. The summed E-state index contributed by atoms with van der Waals surface area (Å²) in [5.41, 5.74) is -2.64. The molecule has 0 saturated heterocycles. The van der Waals surface area contributed by atoms with E-state index in [-0.39, 0.29) is 5.57 Å². The molecule has 7 heteroatoms. The second-order valence-electron chi connectivity index (χ2n) is 5.59. The second kappa shape index (κ2) is 6.18. The van der Waals surface area contributed by atoms with Crippen molar-refractivity contribution in [3.63, 3.8) is 0 Å². The number of alkyl halides is 3. The van der Waals surface area contributed by atoms with Crippen LogP contribution in [0.15, 0.2) is 30.0 Å². The van der Waals surface area contributed by atoms with Gasteiger partial charge in [-0.05, 0) is 18.2 Å². The van der Waals surface area contributed by atoms with E-state index < -0.39 is 34.4 Å². The van der Waals surface area contributed by atoms with Crippen molar-refractivity contribution in [2.24, 2.45) is 5.41 Å². The number of anilines is 1. The van der Waals surface area contributed by atoms with E-state index in [0.29, 0.717) is 18.2 Å². The highest BCUT2D eigenvalue weighted by molar-refractivity contribution is 6.02. The fourth-order valence-electron chi connectivity index (χ4n) is 1.51. The summed E-state index contributed by atoms with van der Waals surface area (Å²) in [6, 6.07) is 3.49. The largest absolute Gasteiger partial charge is 0.416 e. The highest BCUT2D eigenvalue weighted by Crippen LogP contribution is 2.32. The first kappa shape index (κ1) is 17.7. The van der Waals surface area contributed by atoms with Gasteiger partial charge >= 0.3 is 6.18 Å². The van der Waals surface area contributed by atoms with Crippen molar-refractivity contribution in [3.8, 4) is 6.07 Å². The van der Waals surface area contributed by atoms with E-state index in [4.69, 9.17) is 5.26 Å². The first-order valence-electron chi connectivity index (χ1n) is 6.25. The zero-order valence-corrected chi connectivity index (χ0v) is 12.2. The van der Waals surface area contributed by atoms with Gasteiger partial charge in [-0.25, -0.2) is 4.39 Å². The van der Waals surface area contributed by atoms with Crippen molar-refractivity contribution in [1.82, 2.24) is 0 Å². The van der Waals surface area contributed by atoms with Crippen molar-refractivity contribution in [1.29, 1.82) is 5.26 Å². The molecule has 0 unspecified atom stereocenters. The molecule has 1 rings (SSSR count). The van der Waals surface area contributed by atoms with E-state index >= 15 is 0 Å². The van der Waals surface area contributed by atoms with Gasteiger partial charge in [-0.1, -0.05) is 20.8 Å². The van der Waals surface area contributed by atoms with Crippen molar-refractivity contribution in [3.05, 3.63) is 41.4 Å². The number of nitrogens with one attached hydrogen (secondary N) is 1. The van der Waals surface area contributed by atoms with Gasteiger partial charge in [0, 0.05) is 11.6 Å². The molecular formula is C15H14F4N2O. The highest BCUT2D eigenvalue weighted by atomic mass is 19.4. The fourth-order valence-corrected chi connectivity index (χ4v) is 1.51. The van der Waals surface area contributed by atoms with Gasteiger partial charge in [0.05, 0.1) is 11.3 Å². The number of allylic oxidation sites excluding steroid dienone is 1. The quantitative estimate of drug-likeness (QED) is 0.515. The molecule has 0 spiro atoms. The smallest absolute Gasteiger partial charge is 0.358 e. The van der Waals surface area contributed by atoms with E-state index in [2.05, 4.69) is 5.32 Å². The van der Waals surface area contributed by atoms with Crippen LogP contribution in [0.3, 0.4) is 0 Å². The molecule has 0 heterocycles. The Morgan fingerprint density at radius 3 is 2.32 bits per heavy atom. The molecule has 22 heavy (non-hydrogen) atoms. The van der Waals surface area contributed by atoms with E-state index in [1.165, 1.54) is 0 Å². The number of benzene rings is 1. The Balaban J connectivity index is 3.12. The van der Waals surface area contributed by atoms with E-state index in [1.807, 2.05) is 0 Å². The van der Waals surface area contributed by atoms with E-state index in [0.717, 1.165) is 6.20 Å². The lowest BCUT2D eigenvalue weighted by atomic mass is 9.87. The first-order valence-corrected chi connectivity index (χ1v) is 6.25. The standard InChI is InChI=1S/C15H14F4N2O/c1-14(2,3)13(22)9(7-20)8-21-12-6-10(15(17,18)19)4-5-11(12)16/h4-6,8,21H,1-3H3. The molecule has 0 amide bonds. The van der Waals surface area contributed by atoms with Crippen LogP contribution in [0.5, 0.6) is 0 Å². The zero-order chi connectivity index (χ0) is 17.1. The Hall–Kier alpha value is -2.36. The molecule has 118 valence electrons. The molecule has 0 aromatic heterocycles. The highest BCUT2D eigenvalue weighted by Gasteiger charge is 2.31. The molecule has 0 fully saturated rings. The Kier molecular flexibility index (Phi) is 4.97. The van der Waals surface area contributed by atoms with E-state index in [9.17, 15) is 22.4 Å². The van der Waals surface area contributed by atoms with Crippen LogP contribution < -0.4 is 5.32 Å².